The number of cyclic esters (lactones) is 1. The van der Waals surface area contributed by atoms with Gasteiger partial charge in [0.25, 0.3) is 5.56 Å². The third kappa shape index (κ3) is 3.02. The van der Waals surface area contributed by atoms with E-state index in [1.165, 1.54) is 5.56 Å². The molecule has 1 unspecified atom stereocenters. The molecule has 0 bridgehead atoms. The molecule has 4 heterocycles. The summed E-state index contributed by atoms with van der Waals surface area (Å²) in [4.78, 5) is 42.2. The van der Waals surface area contributed by atoms with Crippen LogP contribution in [0.15, 0.2) is 35.1 Å². The molecule has 0 saturated carbocycles. The number of aromatic nitrogens is 2. The number of pyridine rings is 2. The van der Waals surface area contributed by atoms with E-state index in [1.807, 2.05) is 12.1 Å². The average molecular weight is 452 g/mol. The molecule has 2 aliphatic rings. The van der Waals surface area contributed by atoms with Crippen LogP contribution in [0.4, 0.5) is 0 Å². The van der Waals surface area contributed by atoms with Crippen LogP contribution in [0.3, 0.4) is 0 Å². The van der Waals surface area contributed by atoms with Crippen molar-refractivity contribution in [2.45, 2.75) is 51.9 Å². The molecule has 164 valence electrons. The van der Waals surface area contributed by atoms with Crippen molar-refractivity contribution < 1.29 is 23.5 Å². The summed E-state index contributed by atoms with van der Waals surface area (Å²) >= 11 is 0. The Labute approximate surface area is 184 Å². The molecule has 3 aromatic rings. The number of nitrogens with zero attached hydrogens (tertiary/aromatic N) is 2. The number of hydrogen-bond donors (Lipinski definition) is 0. The monoisotopic (exact) mass is 452 g/mol. The minimum Gasteiger partial charge on any atom is -0.566 e. The zero-order valence-electron chi connectivity index (χ0n) is 17.7. The molecule has 0 N–H and O–H groups in total. The molecule has 8 nitrogen and oxygen atoms in total. The predicted molar refractivity (Wildman–Crippen MR) is 115 cm³/mol. The number of aryl methyl sites for hydroxylation is 1. The van der Waals surface area contributed by atoms with Crippen molar-refractivity contribution in [3.05, 3.63) is 62.9 Å². The van der Waals surface area contributed by atoms with Gasteiger partial charge in [-0.2, -0.15) is 0 Å². The van der Waals surface area contributed by atoms with E-state index < -0.39 is 19.8 Å². The maximum absolute atomic E-state index is 13.3. The Morgan fingerprint density at radius 3 is 2.78 bits per heavy atom. The van der Waals surface area contributed by atoms with Gasteiger partial charge in [0.2, 0.25) is 5.60 Å². The largest absolute Gasteiger partial charge is 0.566 e. The summed E-state index contributed by atoms with van der Waals surface area (Å²) in [5, 5.41) is 1.01. The fourth-order valence-corrected chi connectivity index (χ4v) is 5.30. The zero-order chi connectivity index (χ0) is 22.6. The summed E-state index contributed by atoms with van der Waals surface area (Å²) < 4.78 is 23.3. The van der Waals surface area contributed by atoms with Crippen LogP contribution in [0, 0.1) is 0 Å². The Hall–Kier alpha value is -2.93. The fraction of sp³-hybridized carbons (Fsp3) is 0.348. The average Bonchev–Trinajstić information content (AvgIpc) is 3.12. The molecule has 1 aromatic carbocycles. The third-order valence-corrected chi connectivity index (χ3v) is 6.77. The summed E-state index contributed by atoms with van der Waals surface area (Å²) in [5.74, 6) is -0.816. The molecule has 0 radical (unpaired) electrons. The van der Waals surface area contributed by atoms with Crippen molar-refractivity contribution in [2.24, 2.45) is 0 Å². The second kappa shape index (κ2) is 7.59. The maximum Gasteiger partial charge on any atom is 0.490 e. The van der Waals surface area contributed by atoms with Crippen LogP contribution in [0.2, 0.25) is 0 Å². The van der Waals surface area contributed by atoms with Gasteiger partial charge in [0.1, 0.15) is 6.61 Å². The van der Waals surface area contributed by atoms with Gasteiger partial charge < -0.3 is 14.2 Å². The molecule has 32 heavy (non-hydrogen) atoms. The van der Waals surface area contributed by atoms with Crippen molar-refractivity contribution in [3.8, 4) is 11.4 Å². The lowest BCUT2D eigenvalue weighted by atomic mass is 9.86. The Kier molecular flexibility index (Phi) is 4.97. The van der Waals surface area contributed by atoms with Gasteiger partial charge in [0.15, 0.2) is 0 Å². The highest BCUT2D eigenvalue weighted by atomic mass is 31.1. The van der Waals surface area contributed by atoms with Crippen molar-refractivity contribution >= 4 is 25.1 Å². The molecule has 0 spiro atoms. The molecule has 5 rings (SSSR count). The van der Waals surface area contributed by atoms with E-state index in [0.29, 0.717) is 17.9 Å². The minimum absolute atomic E-state index is 0.00323. The molecular formula is C23H21N2O6P. The SMILES string of the molecule is CCCc1ccc2nc3c(cc2c1)Cn1c-3cc2c(c1=O)COC(=O)[C@@]2(CC)O[P+](=O)[O-]. The van der Waals surface area contributed by atoms with Gasteiger partial charge in [0, 0.05) is 16.5 Å². The number of ether oxygens (including phenoxy) is 1. The highest BCUT2D eigenvalue weighted by Gasteiger charge is 2.52. The van der Waals surface area contributed by atoms with Crippen molar-refractivity contribution in [1.82, 2.24) is 9.55 Å². The van der Waals surface area contributed by atoms with Gasteiger partial charge in [-0.3, -0.25) is 4.79 Å². The van der Waals surface area contributed by atoms with Crippen LogP contribution >= 0.6 is 8.25 Å². The molecule has 0 fully saturated rings. The normalized spacial score (nSPS) is 19.3. The van der Waals surface area contributed by atoms with Gasteiger partial charge in [-0.15, -0.1) is 4.52 Å². The predicted octanol–water partition coefficient (Wildman–Crippen LogP) is 3.07. The second-order valence-electron chi connectivity index (χ2n) is 8.16. The fourth-order valence-electron chi connectivity index (χ4n) is 4.75. The van der Waals surface area contributed by atoms with Gasteiger partial charge in [-0.05, 0) is 47.2 Å². The van der Waals surface area contributed by atoms with Crippen LogP contribution in [-0.4, -0.2) is 15.5 Å². The molecule has 0 saturated heterocycles. The Morgan fingerprint density at radius 2 is 2.06 bits per heavy atom. The maximum atomic E-state index is 13.3. The van der Waals surface area contributed by atoms with E-state index in [0.717, 1.165) is 29.3 Å². The smallest absolute Gasteiger partial charge is 0.490 e. The van der Waals surface area contributed by atoms with E-state index in [1.54, 1.807) is 17.6 Å². The summed E-state index contributed by atoms with van der Waals surface area (Å²) in [6.07, 6.45) is 2.03. The van der Waals surface area contributed by atoms with Gasteiger partial charge in [0.05, 0.1) is 29.0 Å². The van der Waals surface area contributed by atoms with Gasteiger partial charge in [-0.1, -0.05) is 26.3 Å². The Morgan fingerprint density at radius 1 is 1.25 bits per heavy atom. The first-order valence-corrected chi connectivity index (χ1v) is 11.7. The Balaban J connectivity index is 1.72. The lowest BCUT2D eigenvalue weighted by Gasteiger charge is -2.31. The number of benzene rings is 1. The lowest BCUT2D eigenvalue weighted by Crippen LogP contribution is -2.45. The number of hydrogen-bond acceptors (Lipinski definition) is 7. The minimum atomic E-state index is -3.35. The number of carbonyl (C=O) groups excluding carboxylic acids is 1. The highest BCUT2D eigenvalue weighted by Crippen LogP contribution is 2.43. The van der Waals surface area contributed by atoms with E-state index in [9.17, 15) is 19.0 Å². The molecule has 0 amide bonds. The summed E-state index contributed by atoms with van der Waals surface area (Å²) in [6, 6.07) is 9.85. The summed E-state index contributed by atoms with van der Waals surface area (Å²) in [5.41, 5.74) is 2.40. The summed E-state index contributed by atoms with van der Waals surface area (Å²) in [6.45, 7) is 3.88. The number of esters is 1. The Bertz CT molecular complexity index is 1360. The summed E-state index contributed by atoms with van der Waals surface area (Å²) in [7, 11) is -3.35. The number of rotatable bonds is 5. The van der Waals surface area contributed by atoms with E-state index in [2.05, 4.69) is 19.1 Å². The van der Waals surface area contributed by atoms with Crippen molar-refractivity contribution in [2.75, 3.05) is 0 Å². The number of carbonyl (C=O) groups is 1. The number of fused-ring (bicyclic) bond motifs is 5. The molecule has 2 atom stereocenters. The van der Waals surface area contributed by atoms with Gasteiger partial charge in [-0.25, -0.2) is 9.78 Å². The molecular weight excluding hydrogens is 431 g/mol. The van der Waals surface area contributed by atoms with Gasteiger partial charge >= 0.3 is 14.2 Å². The van der Waals surface area contributed by atoms with Crippen LogP contribution in [0.25, 0.3) is 22.3 Å². The van der Waals surface area contributed by atoms with Crippen LogP contribution in [0.5, 0.6) is 0 Å². The van der Waals surface area contributed by atoms with Crippen LogP contribution in [0.1, 0.15) is 48.9 Å². The molecule has 2 aromatic heterocycles. The van der Waals surface area contributed by atoms with Crippen molar-refractivity contribution in [3.63, 3.8) is 0 Å². The first-order valence-electron chi connectivity index (χ1n) is 10.6. The van der Waals surface area contributed by atoms with Crippen LogP contribution < -0.4 is 10.5 Å². The van der Waals surface area contributed by atoms with E-state index in [4.69, 9.17) is 14.2 Å². The zero-order valence-corrected chi connectivity index (χ0v) is 18.6. The van der Waals surface area contributed by atoms with Crippen molar-refractivity contribution in [1.29, 1.82) is 0 Å². The topological polar surface area (TPSA) is 111 Å². The first-order chi connectivity index (χ1) is 15.4. The first kappa shape index (κ1) is 20.9. The van der Waals surface area contributed by atoms with E-state index in [-0.39, 0.29) is 29.7 Å². The molecule has 0 aliphatic carbocycles. The standard InChI is InChI=1S/C23H21N2O6P/c1-3-5-13-6-7-18-14(8-13)9-15-11-25-19(20(15)24-18)10-17-16(21(25)26)12-30-22(27)23(17,4-2)31-32(28)29/h6-10H,3-5,11-12H2,1-2H3/t23-/m0/s1. The molecule has 9 heteroatoms. The quantitative estimate of drug-likeness (QED) is 0.338. The highest BCUT2D eigenvalue weighted by molar-refractivity contribution is 7.30. The lowest BCUT2D eigenvalue weighted by molar-refractivity contribution is -0.207. The van der Waals surface area contributed by atoms with Crippen LogP contribution in [-0.2, 0) is 43.8 Å². The second-order valence-corrected chi connectivity index (χ2v) is 8.79. The molecule has 2 aliphatic heterocycles. The third-order valence-electron chi connectivity index (χ3n) is 6.31. The van der Waals surface area contributed by atoms with E-state index >= 15 is 0 Å².